The predicted molar refractivity (Wildman–Crippen MR) is 48.7 cm³/mol. The van der Waals surface area contributed by atoms with E-state index in [-0.39, 0.29) is 11.6 Å². The molecule has 1 unspecified atom stereocenters. The van der Waals surface area contributed by atoms with Crippen LogP contribution in [0.2, 0.25) is 0 Å². The van der Waals surface area contributed by atoms with Crippen molar-refractivity contribution in [1.82, 2.24) is 0 Å². The van der Waals surface area contributed by atoms with E-state index in [0.29, 0.717) is 0 Å². The lowest BCUT2D eigenvalue weighted by Gasteiger charge is -2.44. The van der Waals surface area contributed by atoms with Crippen LogP contribution in [0.15, 0.2) is 0 Å². The Labute approximate surface area is 74.1 Å². The Morgan fingerprint density at radius 2 is 2.08 bits per heavy atom. The van der Waals surface area contributed by atoms with Crippen molar-refractivity contribution < 1.29 is 5.11 Å². The molecule has 1 atom stereocenters. The van der Waals surface area contributed by atoms with Crippen LogP contribution < -0.4 is 5.73 Å². The van der Waals surface area contributed by atoms with Crippen LogP contribution in [0.25, 0.3) is 0 Å². The third-order valence-electron chi connectivity index (χ3n) is 3.44. The third-order valence-corrected chi connectivity index (χ3v) is 3.44. The van der Waals surface area contributed by atoms with Gasteiger partial charge in [-0.15, -0.1) is 0 Å². The number of hydrogen-bond acceptors (Lipinski definition) is 2. The molecule has 0 radical (unpaired) electrons. The van der Waals surface area contributed by atoms with E-state index in [9.17, 15) is 5.11 Å². The van der Waals surface area contributed by atoms with E-state index >= 15 is 0 Å². The summed E-state index contributed by atoms with van der Waals surface area (Å²) in [6.45, 7) is 2.30. The smallest absolute Gasteiger partial charge is 0.0575 e. The van der Waals surface area contributed by atoms with E-state index in [1.807, 2.05) is 0 Å². The molecule has 12 heavy (non-hydrogen) atoms. The SMILES string of the molecule is CC(CC1(N)CC(O)C1)C1CC1. The first kappa shape index (κ1) is 8.52. The van der Waals surface area contributed by atoms with Gasteiger partial charge in [-0.2, -0.15) is 0 Å². The highest BCUT2D eigenvalue weighted by Crippen LogP contribution is 2.43. The molecule has 2 fully saturated rings. The summed E-state index contributed by atoms with van der Waals surface area (Å²) >= 11 is 0. The quantitative estimate of drug-likeness (QED) is 0.668. The Kier molecular flexibility index (Phi) is 1.92. The molecule has 0 aromatic carbocycles. The van der Waals surface area contributed by atoms with E-state index in [2.05, 4.69) is 6.92 Å². The van der Waals surface area contributed by atoms with Crippen molar-refractivity contribution in [2.75, 3.05) is 0 Å². The Balaban J connectivity index is 1.78. The molecule has 0 aromatic heterocycles. The second kappa shape index (κ2) is 2.71. The van der Waals surface area contributed by atoms with Gasteiger partial charge in [-0.1, -0.05) is 6.92 Å². The van der Waals surface area contributed by atoms with Gasteiger partial charge in [0.1, 0.15) is 0 Å². The van der Waals surface area contributed by atoms with Crippen molar-refractivity contribution in [3.8, 4) is 0 Å². The molecule has 0 saturated heterocycles. The van der Waals surface area contributed by atoms with Gasteiger partial charge in [0.15, 0.2) is 0 Å². The van der Waals surface area contributed by atoms with Crippen molar-refractivity contribution in [2.45, 2.75) is 50.7 Å². The van der Waals surface area contributed by atoms with Crippen LogP contribution in [0.3, 0.4) is 0 Å². The molecule has 0 aromatic rings. The Morgan fingerprint density at radius 1 is 1.50 bits per heavy atom. The highest BCUT2D eigenvalue weighted by molar-refractivity contribution is 5.00. The number of rotatable bonds is 3. The molecule has 2 nitrogen and oxygen atoms in total. The molecule has 0 spiro atoms. The van der Waals surface area contributed by atoms with E-state index in [1.165, 1.54) is 12.8 Å². The van der Waals surface area contributed by atoms with Crippen LogP contribution in [0.4, 0.5) is 0 Å². The van der Waals surface area contributed by atoms with Gasteiger partial charge in [0, 0.05) is 5.54 Å². The van der Waals surface area contributed by atoms with Gasteiger partial charge in [-0.25, -0.2) is 0 Å². The highest BCUT2D eigenvalue weighted by atomic mass is 16.3. The predicted octanol–water partition coefficient (Wildman–Crippen LogP) is 1.27. The molecule has 0 heterocycles. The molecular formula is C10H19NO. The molecule has 2 rings (SSSR count). The molecular weight excluding hydrogens is 150 g/mol. The van der Waals surface area contributed by atoms with E-state index in [1.54, 1.807) is 0 Å². The van der Waals surface area contributed by atoms with Gasteiger partial charge in [0.25, 0.3) is 0 Å². The first-order valence-electron chi connectivity index (χ1n) is 5.06. The molecule has 0 bridgehead atoms. The topological polar surface area (TPSA) is 46.2 Å². The lowest BCUT2D eigenvalue weighted by Crippen LogP contribution is -2.55. The number of aliphatic hydroxyl groups is 1. The number of nitrogens with two attached hydrogens (primary N) is 1. The summed E-state index contributed by atoms with van der Waals surface area (Å²) in [5.74, 6) is 1.73. The third kappa shape index (κ3) is 1.64. The fourth-order valence-electron chi connectivity index (χ4n) is 2.52. The van der Waals surface area contributed by atoms with Crippen molar-refractivity contribution in [3.05, 3.63) is 0 Å². The highest BCUT2D eigenvalue weighted by Gasteiger charge is 2.43. The zero-order valence-electron chi connectivity index (χ0n) is 7.79. The number of hydrogen-bond donors (Lipinski definition) is 2. The minimum absolute atomic E-state index is 0.0125. The van der Waals surface area contributed by atoms with Crippen molar-refractivity contribution in [1.29, 1.82) is 0 Å². The molecule has 2 aliphatic rings. The largest absolute Gasteiger partial charge is 0.393 e. The van der Waals surface area contributed by atoms with Crippen molar-refractivity contribution in [2.24, 2.45) is 17.6 Å². The van der Waals surface area contributed by atoms with E-state index in [4.69, 9.17) is 5.73 Å². The van der Waals surface area contributed by atoms with Crippen LogP contribution in [0.5, 0.6) is 0 Å². The average molecular weight is 169 g/mol. The summed E-state index contributed by atoms with van der Waals surface area (Å²) < 4.78 is 0. The van der Waals surface area contributed by atoms with Gasteiger partial charge in [-0.05, 0) is 43.9 Å². The van der Waals surface area contributed by atoms with Crippen molar-refractivity contribution in [3.63, 3.8) is 0 Å². The van der Waals surface area contributed by atoms with Crippen LogP contribution >= 0.6 is 0 Å². The molecule has 70 valence electrons. The minimum Gasteiger partial charge on any atom is -0.393 e. The average Bonchev–Trinajstić information content (AvgIpc) is 2.63. The maximum Gasteiger partial charge on any atom is 0.0575 e. The molecule has 0 amide bonds. The van der Waals surface area contributed by atoms with Gasteiger partial charge < -0.3 is 10.8 Å². The summed E-state index contributed by atoms with van der Waals surface area (Å²) in [5, 5.41) is 9.17. The summed E-state index contributed by atoms with van der Waals surface area (Å²) in [7, 11) is 0. The van der Waals surface area contributed by atoms with Crippen LogP contribution in [-0.2, 0) is 0 Å². The summed E-state index contributed by atoms with van der Waals surface area (Å²) in [6.07, 6.45) is 5.46. The lowest BCUT2D eigenvalue weighted by atomic mass is 9.70. The van der Waals surface area contributed by atoms with Crippen LogP contribution in [-0.4, -0.2) is 16.7 Å². The normalized spacial score (nSPS) is 43.8. The van der Waals surface area contributed by atoms with E-state index in [0.717, 1.165) is 31.1 Å². The fourth-order valence-corrected chi connectivity index (χ4v) is 2.52. The van der Waals surface area contributed by atoms with Gasteiger partial charge >= 0.3 is 0 Å². The first-order valence-corrected chi connectivity index (χ1v) is 5.06. The van der Waals surface area contributed by atoms with Gasteiger partial charge in [0.2, 0.25) is 0 Å². The molecule has 2 saturated carbocycles. The maximum atomic E-state index is 9.17. The second-order valence-electron chi connectivity index (χ2n) is 4.94. The Bertz CT molecular complexity index is 171. The lowest BCUT2D eigenvalue weighted by molar-refractivity contribution is 0.0103. The molecule has 2 heteroatoms. The minimum atomic E-state index is -0.110. The zero-order chi connectivity index (χ0) is 8.77. The zero-order valence-corrected chi connectivity index (χ0v) is 7.79. The summed E-state index contributed by atoms with van der Waals surface area (Å²) in [6, 6.07) is 0. The second-order valence-corrected chi connectivity index (χ2v) is 4.94. The van der Waals surface area contributed by atoms with Crippen LogP contribution in [0.1, 0.15) is 39.0 Å². The van der Waals surface area contributed by atoms with Crippen molar-refractivity contribution >= 4 is 0 Å². The Morgan fingerprint density at radius 3 is 2.50 bits per heavy atom. The Hall–Kier alpha value is -0.0800. The summed E-state index contributed by atoms with van der Waals surface area (Å²) in [4.78, 5) is 0. The standard InChI is InChI=1S/C10H19NO/c1-7(8-2-3-8)4-10(11)5-9(12)6-10/h7-9,12H,2-6,11H2,1H3. The fraction of sp³-hybridized carbons (Fsp3) is 1.00. The van der Waals surface area contributed by atoms with Gasteiger partial charge in [-0.3, -0.25) is 0 Å². The first-order chi connectivity index (χ1) is 5.59. The van der Waals surface area contributed by atoms with Crippen LogP contribution in [0, 0.1) is 11.8 Å². The van der Waals surface area contributed by atoms with Gasteiger partial charge in [0.05, 0.1) is 6.10 Å². The summed E-state index contributed by atoms with van der Waals surface area (Å²) in [5.41, 5.74) is 6.09. The monoisotopic (exact) mass is 169 g/mol. The molecule has 0 aliphatic heterocycles. The van der Waals surface area contributed by atoms with E-state index < -0.39 is 0 Å². The number of aliphatic hydroxyl groups excluding tert-OH is 1. The molecule has 2 aliphatic carbocycles. The molecule has 3 N–H and O–H groups in total. The maximum absolute atomic E-state index is 9.17.